The second kappa shape index (κ2) is 4.58. The molecule has 0 amide bonds. The molecule has 0 aliphatic carbocycles. The minimum Gasteiger partial charge on any atom is -0.423 e. The highest BCUT2D eigenvalue weighted by molar-refractivity contribution is 5.98. The van der Waals surface area contributed by atoms with E-state index in [9.17, 15) is 0 Å². The first-order valence-electron chi connectivity index (χ1n) is 4.84. The van der Waals surface area contributed by atoms with Gasteiger partial charge in [-0.3, -0.25) is 0 Å². The lowest BCUT2D eigenvalue weighted by molar-refractivity contribution is 0.147. The van der Waals surface area contributed by atoms with Crippen molar-refractivity contribution in [1.29, 1.82) is 0 Å². The third kappa shape index (κ3) is 3.90. The van der Waals surface area contributed by atoms with Crippen LogP contribution < -0.4 is 0 Å². The Hall–Kier alpha value is -0.863. The minimum absolute atomic E-state index is 0.103. The molecule has 2 bridgehead atoms. The van der Waals surface area contributed by atoms with Gasteiger partial charge in [0.2, 0.25) is 0 Å². The number of hydrogen-bond donors (Lipinski definition) is 0. The van der Waals surface area contributed by atoms with Crippen LogP contribution in [0.25, 0.3) is 10.8 Å². The number of benzene rings is 3. The minimum atomic E-state index is 0.103. The summed E-state index contributed by atoms with van der Waals surface area (Å²) in [5.41, 5.74) is 0.103. The molecular weight excluding hydrogens is 188 g/mol. The van der Waals surface area contributed by atoms with Gasteiger partial charge < -0.3 is 4.43 Å². The Morgan fingerprint density at radius 1 is 0.857 bits per heavy atom. The van der Waals surface area contributed by atoms with E-state index in [1.807, 2.05) is 0 Å². The maximum Gasteiger partial charge on any atom is 0.146 e. The third-order valence-corrected chi connectivity index (χ3v) is 3.24. The largest absolute Gasteiger partial charge is 0.423 e. The van der Waals surface area contributed by atoms with Crippen LogP contribution in [0.4, 0.5) is 0 Å². The van der Waals surface area contributed by atoms with Gasteiger partial charge in [-0.1, -0.05) is 36.4 Å². The number of rotatable bonds is 0. The average Bonchev–Trinajstić information content (AvgIpc) is 2.21. The van der Waals surface area contributed by atoms with Crippen LogP contribution in [0.1, 0.15) is 20.8 Å². The van der Waals surface area contributed by atoms with Gasteiger partial charge in [0.1, 0.15) is 10.5 Å². The van der Waals surface area contributed by atoms with Crippen LogP contribution in [0.5, 0.6) is 0 Å². The standard InChI is InChI=1S/C8H6.C4H12OSi/c1-2-8-5-3-7(1)4-6-8;1-4(2,3)5-6/h1-6H;1-3,6H3. The first-order chi connectivity index (χ1) is 6.51. The van der Waals surface area contributed by atoms with Gasteiger partial charge in [-0.25, -0.2) is 0 Å². The third-order valence-electron chi connectivity index (χ3n) is 2.02. The van der Waals surface area contributed by atoms with E-state index >= 15 is 0 Å². The lowest BCUT2D eigenvalue weighted by Gasteiger charge is -2.15. The van der Waals surface area contributed by atoms with Gasteiger partial charge in [0.25, 0.3) is 0 Å². The summed E-state index contributed by atoms with van der Waals surface area (Å²) in [5.74, 6) is 0. The maximum atomic E-state index is 5.08. The Morgan fingerprint density at radius 2 is 1.07 bits per heavy atom. The molecule has 3 aromatic carbocycles. The van der Waals surface area contributed by atoms with Crippen molar-refractivity contribution >= 4 is 21.3 Å². The molecular formula is C12H18OSi. The van der Waals surface area contributed by atoms with Gasteiger partial charge >= 0.3 is 0 Å². The summed E-state index contributed by atoms with van der Waals surface area (Å²) in [4.78, 5) is 0. The first kappa shape index (κ1) is 11.2. The van der Waals surface area contributed by atoms with Crippen LogP contribution in [-0.2, 0) is 4.43 Å². The predicted molar refractivity (Wildman–Crippen MR) is 65.9 cm³/mol. The van der Waals surface area contributed by atoms with E-state index in [4.69, 9.17) is 4.43 Å². The lowest BCUT2D eigenvalue weighted by atomic mass is 10.1. The van der Waals surface area contributed by atoms with Crippen molar-refractivity contribution in [3.05, 3.63) is 36.4 Å². The molecule has 0 aliphatic rings. The molecule has 14 heavy (non-hydrogen) atoms. The fourth-order valence-corrected chi connectivity index (χ4v) is 0.911. The Bertz CT molecular complexity index is 287. The molecule has 0 N–H and O–H groups in total. The van der Waals surface area contributed by atoms with Gasteiger partial charge in [0, 0.05) is 5.60 Å². The molecule has 3 aromatic rings. The van der Waals surface area contributed by atoms with Crippen LogP contribution in [0, 0.1) is 0 Å². The van der Waals surface area contributed by atoms with E-state index in [0.29, 0.717) is 0 Å². The van der Waals surface area contributed by atoms with Gasteiger partial charge in [0.05, 0.1) is 0 Å². The summed E-state index contributed by atoms with van der Waals surface area (Å²) in [7, 11) is 0.848. The smallest absolute Gasteiger partial charge is 0.146 e. The van der Waals surface area contributed by atoms with Gasteiger partial charge in [0.15, 0.2) is 0 Å². The molecule has 0 unspecified atom stereocenters. The highest BCUT2D eigenvalue weighted by Gasteiger charge is 2.03. The SMILES string of the molecule is CC(C)(C)O[SiH3].c1cc2ccc1cc2. The normalized spacial score (nSPS) is 11.4. The summed E-state index contributed by atoms with van der Waals surface area (Å²) in [5, 5.41) is 2.61. The highest BCUT2D eigenvalue weighted by Crippen LogP contribution is 2.09. The zero-order valence-electron chi connectivity index (χ0n) is 9.37. The van der Waals surface area contributed by atoms with Gasteiger partial charge in [-0.2, -0.15) is 0 Å². The van der Waals surface area contributed by atoms with Crippen LogP contribution >= 0.6 is 0 Å². The number of fused-ring (bicyclic) bond motifs is 3. The molecule has 0 spiro atoms. The van der Waals surface area contributed by atoms with Crippen molar-refractivity contribution in [3.8, 4) is 0 Å². The van der Waals surface area contributed by atoms with E-state index in [1.54, 1.807) is 0 Å². The maximum absolute atomic E-state index is 5.08. The number of hydrogen-bond acceptors (Lipinski definition) is 1. The fourth-order valence-electron chi connectivity index (χ4n) is 0.911. The molecule has 0 atom stereocenters. The quantitative estimate of drug-likeness (QED) is 0.601. The average molecular weight is 206 g/mol. The molecule has 0 saturated carbocycles. The Balaban J connectivity index is 0.000000149. The zero-order valence-corrected chi connectivity index (χ0v) is 11.4. The zero-order chi connectivity index (χ0) is 10.6. The van der Waals surface area contributed by atoms with Crippen molar-refractivity contribution in [1.82, 2.24) is 0 Å². The topological polar surface area (TPSA) is 9.23 Å². The highest BCUT2D eigenvalue weighted by atomic mass is 28.2. The van der Waals surface area contributed by atoms with E-state index in [1.165, 1.54) is 10.8 Å². The molecule has 0 aliphatic heterocycles. The lowest BCUT2D eigenvalue weighted by Crippen LogP contribution is -2.16. The van der Waals surface area contributed by atoms with Crippen LogP contribution in [0.15, 0.2) is 36.4 Å². The molecule has 1 nitrogen and oxygen atoms in total. The molecule has 76 valence electrons. The molecule has 3 rings (SSSR count). The van der Waals surface area contributed by atoms with Crippen LogP contribution in [0.3, 0.4) is 0 Å². The van der Waals surface area contributed by atoms with Crippen molar-refractivity contribution in [2.24, 2.45) is 0 Å². The summed E-state index contributed by atoms with van der Waals surface area (Å²) in [6, 6.07) is 12.7. The van der Waals surface area contributed by atoms with E-state index < -0.39 is 0 Å². The molecule has 0 heterocycles. The molecule has 0 saturated heterocycles. The molecule has 2 heteroatoms. The Labute approximate surface area is 89.0 Å². The first-order valence-corrected chi connectivity index (χ1v) is 5.66. The molecule has 0 fully saturated rings. The summed E-state index contributed by atoms with van der Waals surface area (Å²) < 4.78 is 5.08. The predicted octanol–water partition coefficient (Wildman–Crippen LogP) is 2.36. The summed E-state index contributed by atoms with van der Waals surface area (Å²) in [6.45, 7) is 6.17. The monoisotopic (exact) mass is 206 g/mol. The molecule has 0 radical (unpaired) electrons. The molecule has 0 aromatic heterocycles. The van der Waals surface area contributed by atoms with Crippen molar-refractivity contribution < 1.29 is 4.43 Å². The second-order valence-corrected chi connectivity index (χ2v) is 4.72. The van der Waals surface area contributed by atoms with Gasteiger partial charge in [-0.05, 0) is 31.5 Å². The summed E-state index contributed by atoms with van der Waals surface area (Å²) >= 11 is 0. The van der Waals surface area contributed by atoms with Gasteiger partial charge in [-0.15, -0.1) is 0 Å². The fraction of sp³-hybridized carbons (Fsp3) is 0.333. The van der Waals surface area contributed by atoms with E-state index in [0.717, 1.165) is 10.5 Å². The van der Waals surface area contributed by atoms with Crippen LogP contribution in [0.2, 0.25) is 0 Å². The van der Waals surface area contributed by atoms with Crippen molar-refractivity contribution in [2.75, 3.05) is 0 Å². The van der Waals surface area contributed by atoms with E-state index in [2.05, 4.69) is 57.2 Å². The van der Waals surface area contributed by atoms with Crippen molar-refractivity contribution in [2.45, 2.75) is 26.4 Å². The van der Waals surface area contributed by atoms with E-state index in [-0.39, 0.29) is 5.60 Å². The second-order valence-electron chi connectivity index (χ2n) is 4.32. The van der Waals surface area contributed by atoms with Crippen molar-refractivity contribution in [3.63, 3.8) is 0 Å². The summed E-state index contributed by atoms with van der Waals surface area (Å²) in [6.07, 6.45) is 0. The Morgan fingerprint density at radius 3 is 1.14 bits per heavy atom. The Kier molecular flexibility index (Phi) is 3.67. The van der Waals surface area contributed by atoms with Crippen LogP contribution in [-0.4, -0.2) is 16.1 Å².